The van der Waals surface area contributed by atoms with Crippen LogP contribution in [0.4, 0.5) is 0 Å². The standard InChI is InChI=1S/C25H19N3O3/c29-12-6-5-11-28-17-10-4-3-9-16(17)19-21-20(24(30)27-25(21)31)18-15-8-2-1-7-14(15)13-26-22(18)23(19)28/h1-4,7-10,13,29H,5-6,11-12H2,(H,27,30,31). The van der Waals surface area contributed by atoms with E-state index in [-0.39, 0.29) is 18.4 Å². The number of hydrogen-bond acceptors (Lipinski definition) is 4. The first-order valence-electron chi connectivity index (χ1n) is 10.4. The van der Waals surface area contributed by atoms with Gasteiger partial charge in [0.2, 0.25) is 0 Å². The van der Waals surface area contributed by atoms with Gasteiger partial charge >= 0.3 is 0 Å². The summed E-state index contributed by atoms with van der Waals surface area (Å²) in [6.07, 6.45) is 3.31. The van der Waals surface area contributed by atoms with E-state index >= 15 is 0 Å². The molecule has 0 saturated heterocycles. The quantitative estimate of drug-likeness (QED) is 0.265. The first-order chi connectivity index (χ1) is 15.2. The summed E-state index contributed by atoms with van der Waals surface area (Å²) in [7, 11) is 0. The molecule has 3 aromatic carbocycles. The first-order valence-corrected chi connectivity index (χ1v) is 10.4. The number of imide groups is 1. The van der Waals surface area contributed by atoms with Gasteiger partial charge in [-0.2, -0.15) is 0 Å². The minimum atomic E-state index is -0.373. The molecule has 2 N–H and O–H groups in total. The summed E-state index contributed by atoms with van der Waals surface area (Å²) < 4.78 is 2.18. The third kappa shape index (κ3) is 2.39. The van der Waals surface area contributed by atoms with Crippen molar-refractivity contribution in [1.82, 2.24) is 14.9 Å². The second-order valence-electron chi connectivity index (χ2n) is 7.93. The van der Waals surface area contributed by atoms with Gasteiger partial charge in [0.05, 0.1) is 22.2 Å². The van der Waals surface area contributed by atoms with Crippen molar-refractivity contribution < 1.29 is 14.7 Å². The Hall–Kier alpha value is -3.77. The number of carbonyl (C=O) groups excluding carboxylic acids is 2. The van der Waals surface area contributed by atoms with Crippen LogP contribution in [-0.4, -0.2) is 33.1 Å². The molecule has 3 heterocycles. The fourth-order valence-corrected chi connectivity index (χ4v) is 4.94. The normalized spacial score (nSPS) is 13.6. The topological polar surface area (TPSA) is 84.2 Å². The molecule has 2 aromatic heterocycles. The van der Waals surface area contributed by atoms with Crippen LogP contribution < -0.4 is 5.32 Å². The van der Waals surface area contributed by atoms with Gasteiger partial charge in [0.25, 0.3) is 11.8 Å². The molecule has 2 amide bonds. The van der Waals surface area contributed by atoms with Crippen molar-refractivity contribution in [1.29, 1.82) is 0 Å². The molecule has 6 nitrogen and oxygen atoms in total. The van der Waals surface area contributed by atoms with Crippen molar-refractivity contribution in [2.45, 2.75) is 19.4 Å². The van der Waals surface area contributed by atoms with E-state index in [2.05, 4.69) is 9.88 Å². The van der Waals surface area contributed by atoms with Crippen molar-refractivity contribution in [3.8, 4) is 0 Å². The van der Waals surface area contributed by atoms with E-state index in [9.17, 15) is 14.7 Å². The summed E-state index contributed by atoms with van der Waals surface area (Å²) in [6.45, 7) is 0.815. The number of aryl methyl sites for hydroxylation is 1. The summed E-state index contributed by atoms with van der Waals surface area (Å²) in [6, 6.07) is 15.7. The zero-order valence-corrected chi connectivity index (χ0v) is 16.7. The first kappa shape index (κ1) is 18.0. The molecule has 0 radical (unpaired) electrons. The Morgan fingerprint density at radius 3 is 2.39 bits per heavy atom. The molecule has 0 saturated carbocycles. The Balaban J connectivity index is 1.89. The van der Waals surface area contributed by atoms with Gasteiger partial charge in [-0.15, -0.1) is 0 Å². The summed E-state index contributed by atoms with van der Waals surface area (Å²) in [4.78, 5) is 30.7. The summed E-state index contributed by atoms with van der Waals surface area (Å²) in [5, 5.41) is 16.0. The average Bonchev–Trinajstić information content (AvgIpc) is 3.28. The van der Waals surface area contributed by atoms with Gasteiger partial charge in [-0.25, -0.2) is 0 Å². The number of hydrogen-bond donors (Lipinski definition) is 2. The maximum absolute atomic E-state index is 13.0. The molecule has 6 rings (SSSR count). The van der Waals surface area contributed by atoms with Crippen LogP contribution in [0.15, 0.2) is 54.7 Å². The van der Waals surface area contributed by atoms with Gasteiger partial charge in [0, 0.05) is 46.4 Å². The number of amides is 2. The number of nitrogens with zero attached hydrogens (tertiary/aromatic N) is 2. The van der Waals surface area contributed by atoms with Crippen LogP contribution in [0, 0.1) is 0 Å². The van der Waals surface area contributed by atoms with Crippen LogP contribution in [-0.2, 0) is 6.54 Å². The molecule has 6 heteroatoms. The highest BCUT2D eigenvalue weighted by molar-refractivity contribution is 6.38. The molecule has 0 fully saturated rings. The lowest BCUT2D eigenvalue weighted by molar-refractivity contribution is 0.0880. The van der Waals surface area contributed by atoms with Crippen LogP contribution in [0.5, 0.6) is 0 Å². The Labute approximate surface area is 177 Å². The lowest BCUT2D eigenvalue weighted by atomic mass is 9.94. The van der Waals surface area contributed by atoms with E-state index < -0.39 is 0 Å². The minimum Gasteiger partial charge on any atom is -0.396 e. The molecule has 1 aliphatic rings. The predicted molar refractivity (Wildman–Crippen MR) is 120 cm³/mol. The molecule has 31 heavy (non-hydrogen) atoms. The van der Waals surface area contributed by atoms with E-state index in [0.29, 0.717) is 24.1 Å². The van der Waals surface area contributed by atoms with Crippen molar-refractivity contribution >= 4 is 55.3 Å². The third-order valence-electron chi connectivity index (χ3n) is 6.22. The second kappa shape index (κ2) is 6.62. The second-order valence-corrected chi connectivity index (χ2v) is 7.93. The minimum absolute atomic E-state index is 0.132. The number of aliphatic hydroxyl groups is 1. The van der Waals surface area contributed by atoms with Gasteiger partial charge < -0.3 is 9.67 Å². The number of carbonyl (C=O) groups is 2. The Morgan fingerprint density at radius 2 is 1.58 bits per heavy atom. The smallest absolute Gasteiger partial charge is 0.259 e. The summed E-state index contributed by atoms with van der Waals surface area (Å²) in [5.41, 5.74) is 3.42. The summed E-state index contributed by atoms with van der Waals surface area (Å²) in [5.74, 6) is -0.736. The van der Waals surface area contributed by atoms with E-state index in [0.717, 1.165) is 49.9 Å². The number of fused-ring (bicyclic) bond motifs is 10. The number of pyridine rings is 1. The van der Waals surface area contributed by atoms with Gasteiger partial charge in [0.1, 0.15) is 0 Å². The van der Waals surface area contributed by atoms with E-state index in [4.69, 9.17) is 4.98 Å². The third-order valence-corrected chi connectivity index (χ3v) is 6.22. The zero-order chi connectivity index (χ0) is 21.1. The Bertz CT molecular complexity index is 1570. The highest BCUT2D eigenvalue weighted by Gasteiger charge is 2.35. The molecule has 0 spiro atoms. The molecule has 152 valence electrons. The molecule has 0 unspecified atom stereocenters. The van der Waals surface area contributed by atoms with E-state index in [1.165, 1.54) is 0 Å². The molecular formula is C25H19N3O3. The highest BCUT2D eigenvalue weighted by Crippen LogP contribution is 2.42. The monoisotopic (exact) mass is 409 g/mol. The van der Waals surface area contributed by atoms with Crippen LogP contribution in [0.1, 0.15) is 33.6 Å². The average molecular weight is 409 g/mol. The largest absolute Gasteiger partial charge is 0.396 e. The highest BCUT2D eigenvalue weighted by atomic mass is 16.3. The van der Waals surface area contributed by atoms with Crippen LogP contribution >= 0.6 is 0 Å². The van der Waals surface area contributed by atoms with Gasteiger partial charge in [-0.05, 0) is 24.3 Å². The fourth-order valence-electron chi connectivity index (χ4n) is 4.94. The predicted octanol–water partition coefficient (Wildman–Crippen LogP) is 4.15. The number of para-hydroxylation sites is 1. The van der Waals surface area contributed by atoms with Crippen molar-refractivity contribution in [3.63, 3.8) is 0 Å². The van der Waals surface area contributed by atoms with Crippen LogP contribution in [0.25, 0.3) is 43.5 Å². The molecule has 0 aliphatic carbocycles. The number of unbranched alkanes of at least 4 members (excludes halogenated alkanes) is 1. The molecule has 0 bridgehead atoms. The van der Waals surface area contributed by atoms with Crippen molar-refractivity contribution in [2.24, 2.45) is 0 Å². The van der Waals surface area contributed by atoms with Gasteiger partial charge in [0.15, 0.2) is 0 Å². The maximum Gasteiger partial charge on any atom is 0.259 e. The zero-order valence-electron chi connectivity index (χ0n) is 16.7. The lowest BCUT2D eigenvalue weighted by Gasteiger charge is -2.12. The summed E-state index contributed by atoms with van der Waals surface area (Å²) >= 11 is 0. The van der Waals surface area contributed by atoms with E-state index in [1.54, 1.807) is 0 Å². The van der Waals surface area contributed by atoms with Crippen LogP contribution in [0.3, 0.4) is 0 Å². The van der Waals surface area contributed by atoms with Gasteiger partial charge in [-0.1, -0.05) is 42.5 Å². The Morgan fingerprint density at radius 1 is 0.871 bits per heavy atom. The SMILES string of the molecule is O=C1NC(=O)c2c1c1c3ccccc3cnc1c1c2c2ccccc2n1CCCCO. The lowest BCUT2D eigenvalue weighted by Crippen LogP contribution is -2.20. The van der Waals surface area contributed by atoms with E-state index in [1.807, 2.05) is 54.7 Å². The maximum atomic E-state index is 13.0. The Kier molecular flexibility index (Phi) is 3.85. The molecule has 0 atom stereocenters. The number of aromatic nitrogens is 2. The number of benzene rings is 3. The number of aliphatic hydroxyl groups excluding tert-OH is 1. The van der Waals surface area contributed by atoms with Crippen molar-refractivity contribution in [2.75, 3.05) is 6.61 Å². The molecular weight excluding hydrogens is 390 g/mol. The molecule has 5 aromatic rings. The fraction of sp³-hybridized carbons (Fsp3) is 0.160. The van der Waals surface area contributed by atoms with Gasteiger partial charge in [-0.3, -0.25) is 19.9 Å². The number of rotatable bonds is 4. The van der Waals surface area contributed by atoms with Crippen LogP contribution in [0.2, 0.25) is 0 Å². The molecule has 1 aliphatic heterocycles. The van der Waals surface area contributed by atoms with Crippen molar-refractivity contribution in [3.05, 3.63) is 65.9 Å². The number of nitrogens with one attached hydrogen (secondary N) is 1.